The number of carbonyl (C=O) groups is 1. The highest BCUT2D eigenvalue weighted by Crippen LogP contribution is 2.36. The lowest BCUT2D eigenvalue weighted by molar-refractivity contribution is -0.138. The molecule has 2 saturated heterocycles. The highest BCUT2D eigenvalue weighted by atomic mass is 16.5. The number of carboxylic acid groups (broad SMARTS) is 1. The van der Waals surface area contributed by atoms with Gasteiger partial charge in [-0.15, -0.1) is 0 Å². The molecular formula is C20H25N3O3. The monoisotopic (exact) mass is 355 g/mol. The van der Waals surface area contributed by atoms with Crippen LogP contribution in [0.4, 0.5) is 0 Å². The first kappa shape index (κ1) is 17.2. The third-order valence-electron chi connectivity index (χ3n) is 5.50. The van der Waals surface area contributed by atoms with Crippen LogP contribution in [0.25, 0.3) is 11.3 Å². The molecule has 0 aliphatic carbocycles. The Hall–Kier alpha value is -2.18. The minimum absolute atomic E-state index is 0.134. The largest absolute Gasteiger partial charge is 0.480 e. The maximum atomic E-state index is 10.9. The predicted octanol–water partition coefficient (Wildman–Crippen LogP) is 2.78. The maximum absolute atomic E-state index is 10.9. The lowest BCUT2D eigenvalue weighted by atomic mass is 9.97. The first-order chi connectivity index (χ1) is 12.7. The van der Waals surface area contributed by atoms with Crippen LogP contribution in [0.1, 0.15) is 36.9 Å². The highest BCUT2D eigenvalue weighted by molar-refractivity contribution is 5.69. The van der Waals surface area contributed by atoms with E-state index in [0.717, 1.165) is 56.8 Å². The lowest BCUT2D eigenvalue weighted by Gasteiger charge is -2.33. The molecule has 1 N–H and O–H groups in total. The molecule has 0 saturated carbocycles. The van der Waals surface area contributed by atoms with Gasteiger partial charge in [0.05, 0.1) is 30.9 Å². The van der Waals surface area contributed by atoms with Gasteiger partial charge in [-0.3, -0.25) is 9.69 Å². The van der Waals surface area contributed by atoms with Crippen molar-refractivity contribution < 1.29 is 14.6 Å². The summed E-state index contributed by atoms with van der Waals surface area (Å²) in [7, 11) is 0. The van der Waals surface area contributed by atoms with Crippen LogP contribution in [-0.2, 0) is 9.53 Å². The van der Waals surface area contributed by atoms with E-state index in [2.05, 4.69) is 16.7 Å². The molecule has 1 aromatic heterocycles. The summed E-state index contributed by atoms with van der Waals surface area (Å²) in [6.07, 6.45) is 4.92. The minimum atomic E-state index is -0.749. The van der Waals surface area contributed by atoms with Crippen molar-refractivity contribution in [3.05, 3.63) is 42.4 Å². The Morgan fingerprint density at radius 1 is 1.19 bits per heavy atom. The lowest BCUT2D eigenvalue weighted by Crippen LogP contribution is -2.38. The molecule has 2 aromatic rings. The SMILES string of the molecule is O=C(O)CN1CCC(n2cnc(-c3ccccc3)c2C2CCOC2)CC1. The van der Waals surface area contributed by atoms with E-state index in [1.165, 1.54) is 5.69 Å². The Labute approximate surface area is 153 Å². The third-order valence-corrected chi connectivity index (χ3v) is 5.50. The van der Waals surface area contributed by atoms with E-state index < -0.39 is 5.97 Å². The van der Waals surface area contributed by atoms with Gasteiger partial charge in [-0.2, -0.15) is 0 Å². The number of nitrogens with zero attached hydrogens (tertiary/aromatic N) is 3. The zero-order valence-electron chi connectivity index (χ0n) is 14.9. The molecule has 3 heterocycles. The summed E-state index contributed by atoms with van der Waals surface area (Å²) in [6.45, 7) is 3.33. The van der Waals surface area contributed by atoms with E-state index in [-0.39, 0.29) is 6.54 Å². The third kappa shape index (κ3) is 3.52. The minimum Gasteiger partial charge on any atom is -0.480 e. The van der Waals surface area contributed by atoms with Crippen molar-refractivity contribution in [3.8, 4) is 11.3 Å². The van der Waals surface area contributed by atoms with Crippen LogP contribution in [0.5, 0.6) is 0 Å². The molecular weight excluding hydrogens is 330 g/mol. The van der Waals surface area contributed by atoms with Crippen molar-refractivity contribution >= 4 is 5.97 Å². The molecule has 138 valence electrons. The number of aliphatic carboxylic acids is 1. The number of likely N-dealkylation sites (tertiary alicyclic amines) is 1. The van der Waals surface area contributed by atoms with Crippen LogP contribution in [0, 0.1) is 0 Å². The topological polar surface area (TPSA) is 67.6 Å². The number of rotatable bonds is 5. The first-order valence-corrected chi connectivity index (χ1v) is 9.36. The fourth-order valence-corrected chi connectivity index (χ4v) is 4.18. The predicted molar refractivity (Wildman–Crippen MR) is 98.2 cm³/mol. The van der Waals surface area contributed by atoms with Gasteiger partial charge in [0.2, 0.25) is 0 Å². The number of carboxylic acids is 1. The molecule has 6 nitrogen and oxygen atoms in total. The van der Waals surface area contributed by atoms with Crippen LogP contribution >= 0.6 is 0 Å². The molecule has 0 amide bonds. The average Bonchev–Trinajstić information content (AvgIpc) is 3.32. The van der Waals surface area contributed by atoms with Crippen LogP contribution < -0.4 is 0 Å². The van der Waals surface area contributed by atoms with E-state index in [9.17, 15) is 4.79 Å². The summed E-state index contributed by atoms with van der Waals surface area (Å²) in [5.41, 5.74) is 3.50. The Morgan fingerprint density at radius 2 is 1.96 bits per heavy atom. The zero-order chi connectivity index (χ0) is 17.9. The number of benzene rings is 1. The van der Waals surface area contributed by atoms with Gasteiger partial charge in [0.15, 0.2) is 0 Å². The fraction of sp³-hybridized carbons (Fsp3) is 0.500. The number of hydrogen-bond acceptors (Lipinski definition) is 4. The summed E-state index contributed by atoms with van der Waals surface area (Å²) < 4.78 is 8.01. The van der Waals surface area contributed by atoms with Crippen LogP contribution in [-0.4, -0.2) is 58.4 Å². The summed E-state index contributed by atoms with van der Waals surface area (Å²) in [5, 5.41) is 8.99. The number of hydrogen-bond donors (Lipinski definition) is 1. The van der Waals surface area contributed by atoms with Gasteiger partial charge in [-0.25, -0.2) is 4.98 Å². The van der Waals surface area contributed by atoms with Crippen molar-refractivity contribution in [3.63, 3.8) is 0 Å². The Morgan fingerprint density at radius 3 is 2.62 bits per heavy atom. The van der Waals surface area contributed by atoms with Crippen molar-refractivity contribution in [1.29, 1.82) is 0 Å². The van der Waals surface area contributed by atoms with E-state index in [4.69, 9.17) is 14.8 Å². The normalized spacial score (nSPS) is 21.9. The summed E-state index contributed by atoms with van der Waals surface area (Å²) in [4.78, 5) is 17.7. The Balaban J connectivity index is 1.60. The molecule has 1 atom stereocenters. The van der Waals surface area contributed by atoms with Gasteiger partial charge in [0.25, 0.3) is 0 Å². The number of aromatic nitrogens is 2. The van der Waals surface area contributed by atoms with Gasteiger partial charge in [0, 0.05) is 37.2 Å². The molecule has 2 fully saturated rings. The standard InChI is InChI=1S/C20H25N3O3/c24-18(25)12-22-9-6-17(7-10-22)23-14-21-19(15-4-2-1-3-5-15)20(23)16-8-11-26-13-16/h1-5,14,16-17H,6-13H2,(H,24,25). The molecule has 0 bridgehead atoms. The second-order valence-electron chi connectivity index (χ2n) is 7.21. The summed E-state index contributed by atoms with van der Waals surface area (Å²) in [5.74, 6) is -0.369. The number of imidazole rings is 1. The van der Waals surface area contributed by atoms with Crippen molar-refractivity contribution in [2.45, 2.75) is 31.2 Å². The van der Waals surface area contributed by atoms with E-state index in [1.54, 1.807) is 0 Å². The second-order valence-corrected chi connectivity index (χ2v) is 7.21. The molecule has 6 heteroatoms. The van der Waals surface area contributed by atoms with Gasteiger partial charge in [-0.05, 0) is 19.3 Å². The van der Waals surface area contributed by atoms with Crippen molar-refractivity contribution in [1.82, 2.24) is 14.5 Å². The van der Waals surface area contributed by atoms with Crippen molar-refractivity contribution in [2.24, 2.45) is 0 Å². The number of piperidine rings is 1. The van der Waals surface area contributed by atoms with Crippen LogP contribution in [0.3, 0.4) is 0 Å². The average molecular weight is 355 g/mol. The summed E-state index contributed by atoms with van der Waals surface area (Å²) >= 11 is 0. The molecule has 2 aliphatic rings. The smallest absolute Gasteiger partial charge is 0.317 e. The van der Waals surface area contributed by atoms with Gasteiger partial charge in [0.1, 0.15) is 0 Å². The molecule has 0 radical (unpaired) electrons. The zero-order valence-corrected chi connectivity index (χ0v) is 14.9. The molecule has 26 heavy (non-hydrogen) atoms. The van der Waals surface area contributed by atoms with Crippen molar-refractivity contribution in [2.75, 3.05) is 32.8 Å². The van der Waals surface area contributed by atoms with E-state index in [0.29, 0.717) is 12.0 Å². The van der Waals surface area contributed by atoms with Gasteiger partial charge in [-0.1, -0.05) is 30.3 Å². The van der Waals surface area contributed by atoms with E-state index in [1.807, 2.05) is 29.4 Å². The second kappa shape index (κ2) is 7.60. The van der Waals surface area contributed by atoms with Gasteiger partial charge >= 0.3 is 5.97 Å². The fourth-order valence-electron chi connectivity index (χ4n) is 4.18. The molecule has 1 unspecified atom stereocenters. The quantitative estimate of drug-likeness (QED) is 0.893. The first-order valence-electron chi connectivity index (χ1n) is 9.36. The molecule has 0 spiro atoms. The maximum Gasteiger partial charge on any atom is 0.317 e. The van der Waals surface area contributed by atoms with E-state index >= 15 is 0 Å². The summed E-state index contributed by atoms with van der Waals surface area (Å²) in [6, 6.07) is 10.7. The Kier molecular flexibility index (Phi) is 5.04. The number of ether oxygens (including phenoxy) is 1. The Bertz CT molecular complexity index is 745. The highest BCUT2D eigenvalue weighted by Gasteiger charge is 2.30. The molecule has 1 aromatic carbocycles. The van der Waals surface area contributed by atoms with Crippen LogP contribution in [0.2, 0.25) is 0 Å². The van der Waals surface area contributed by atoms with Crippen LogP contribution in [0.15, 0.2) is 36.7 Å². The molecule has 4 rings (SSSR count). The van der Waals surface area contributed by atoms with Gasteiger partial charge < -0.3 is 14.4 Å². The molecule has 2 aliphatic heterocycles.